The average molecular weight is 396 g/mol. The smallest absolute Gasteiger partial charge is 0.375 e. The summed E-state index contributed by atoms with van der Waals surface area (Å²) in [6.07, 6.45) is -1.16. The number of aryl methyl sites for hydroxylation is 1. The largest absolute Gasteiger partial charge is 0.449 e. The van der Waals surface area contributed by atoms with Crippen molar-refractivity contribution < 1.29 is 27.9 Å². The molecule has 0 aliphatic carbocycles. The van der Waals surface area contributed by atoms with Crippen LogP contribution in [-0.4, -0.2) is 30.4 Å². The van der Waals surface area contributed by atoms with Gasteiger partial charge in [0.2, 0.25) is 11.7 Å². The molecule has 1 aliphatic heterocycles. The van der Waals surface area contributed by atoms with E-state index in [-0.39, 0.29) is 18.2 Å². The van der Waals surface area contributed by atoms with E-state index in [9.17, 15) is 18.8 Å². The fraction of sp³-hybridized carbons (Fsp3) is 0.190. The highest BCUT2D eigenvalue weighted by Gasteiger charge is 2.32. The number of benzene rings is 2. The number of halogens is 1. The summed E-state index contributed by atoms with van der Waals surface area (Å²) >= 11 is 0. The van der Waals surface area contributed by atoms with E-state index in [1.54, 1.807) is 31.2 Å². The lowest BCUT2D eigenvalue weighted by Gasteiger charge is -2.30. The minimum Gasteiger partial charge on any atom is -0.449 e. The van der Waals surface area contributed by atoms with Gasteiger partial charge in [0, 0.05) is 10.9 Å². The van der Waals surface area contributed by atoms with Crippen LogP contribution in [0.2, 0.25) is 0 Å². The molecule has 2 amide bonds. The number of amides is 2. The quantitative estimate of drug-likeness (QED) is 0.686. The van der Waals surface area contributed by atoms with Gasteiger partial charge in [0.15, 0.2) is 6.10 Å². The van der Waals surface area contributed by atoms with Crippen LogP contribution in [0, 0.1) is 12.7 Å². The van der Waals surface area contributed by atoms with Gasteiger partial charge in [-0.05, 0) is 44.2 Å². The van der Waals surface area contributed by atoms with Crippen molar-refractivity contribution in [3.8, 4) is 0 Å². The van der Waals surface area contributed by atoms with Crippen LogP contribution in [0.4, 0.5) is 15.8 Å². The van der Waals surface area contributed by atoms with Gasteiger partial charge >= 0.3 is 5.97 Å². The van der Waals surface area contributed by atoms with Crippen LogP contribution in [0.15, 0.2) is 46.9 Å². The van der Waals surface area contributed by atoms with Crippen LogP contribution in [-0.2, 0) is 14.3 Å². The molecule has 3 aromatic rings. The zero-order valence-corrected chi connectivity index (χ0v) is 15.7. The Morgan fingerprint density at radius 2 is 2.00 bits per heavy atom. The molecular weight excluding hydrogens is 379 g/mol. The Morgan fingerprint density at radius 3 is 2.79 bits per heavy atom. The summed E-state index contributed by atoms with van der Waals surface area (Å²) in [4.78, 5) is 38.6. The van der Waals surface area contributed by atoms with E-state index in [2.05, 4.69) is 5.32 Å². The van der Waals surface area contributed by atoms with Crippen LogP contribution in [0.1, 0.15) is 23.0 Å². The first-order valence-corrected chi connectivity index (χ1v) is 8.95. The van der Waals surface area contributed by atoms with Gasteiger partial charge in [-0.25, -0.2) is 9.18 Å². The Balaban J connectivity index is 1.56. The number of hydrogen-bond donors (Lipinski definition) is 1. The monoisotopic (exact) mass is 396 g/mol. The molecule has 1 atom stereocenters. The lowest BCUT2D eigenvalue weighted by Crippen LogP contribution is -2.47. The molecule has 0 saturated heterocycles. The van der Waals surface area contributed by atoms with E-state index in [1.807, 2.05) is 0 Å². The fourth-order valence-corrected chi connectivity index (χ4v) is 3.30. The Bertz CT molecular complexity index is 1150. The molecule has 2 heterocycles. The average Bonchev–Trinajstić information content (AvgIpc) is 3.02. The first-order valence-electron chi connectivity index (χ1n) is 8.95. The number of rotatable bonds is 3. The van der Waals surface area contributed by atoms with Crippen LogP contribution in [0.25, 0.3) is 11.0 Å². The van der Waals surface area contributed by atoms with Gasteiger partial charge in [-0.15, -0.1) is 0 Å². The van der Waals surface area contributed by atoms with Gasteiger partial charge in [0.25, 0.3) is 5.91 Å². The lowest BCUT2D eigenvalue weighted by atomic mass is 10.1. The fourth-order valence-electron chi connectivity index (χ4n) is 3.30. The number of fused-ring (bicyclic) bond motifs is 2. The van der Waals surface area contributed by atoms with Crippen LogP contribution in [0.5, 0.6) is 0 Å². The number of para-hydroxylation sites is 2. The minimum atomic E-state index is -1.16. The summed E-state index contributed by atoms with van der Waals surface area (Å²) in [5.41, 5.74) is 1.80. The predicted molar refractivity (Wildman–Crippen MR) is 103 cm³/mol. The maximum Gasteiger partial charge on any atom is 0.375 e. The summed E-state index contributed by atoms with van der Waals surface area (Å²) in [7, 11) is 0. The number of nitrogens with zero attached hydrogens (tertiary/aromatic N) is 1. The molecule has 0 spiro atoms. The molecule has 1 unspecified atom stereocenters. The van der Waals surface area contributed by atoms with Gasteiger partial charge in [0.1, 0.15) is 17.9 Å². The molecule has 0 fully saturated rings. The first-order chi connectivity index (χ1) is 13.8. The predicted octanol–water partition coefficient (Wildman–Crippen LogP) is 3.41. The minimum absolute atomic E-state index is 0.0953. The van der Waals surface area contributed by atoms with Crippen molar-refractivity contribution >= 4 is 40.1 Å². The number of furan rings is 1. The third-order valence-electron chi connectivity index (χ3n) is 4.75. The molecule has 1 aliphatic rings. The number of anilines is 2. The maximum atomic E-state index is 13.5. The van der Waals surface area contributed by atoms with Crippen molar-refractivity contribution in [2.75, 3.05) is 16.8 Å². The molecule has 148 valence electrons. The third kappa shape index (κ3) is 3.33. The zero-order valence-electron chi connectivity index (χ0n) is 15.7. The molecule has 29 heavy (non-hydrogen) atoms. The summed E-state index contributed by atoms with van der Waals surface area (Å²) < 4.78 is 24.2. The summed E-state index contributed by atoms with van der Waals surface area (Å²) in [6.45, 7) is 2.85. The van der Waals surface area contributed by atoms with Gasteiger partial charge in [0.05, 0.1) is 11.4 Å². The Kier molecular flexibility index (Phi) is 4.54. The molecule has 8 heteroatoms. The maximum absolute atomic E-state index is 13.5. The van der Waals surface area contributed by atoms with Crippen molar-refractivity contribution in [2.45, 2.75) is 20.0 Å². The number of carbonyl (C=O) groups is 3. The van der Waals surface area contributed by atoms with Crippen LogP contribution >= 0.6 is 0 Å². The standard InChI is InChI=1S/C21H17FN2O5/c1-11-14-9-13(22)7-8-17(14)29-19(11)21(27)28-12(2)20(26)24-10-18(25)23-15-5-3-4-6-16(15)24/h3-9,12H,10H2,1-2H3,(H,23,25). The number of carbonyl (C=O) groups excluding carboxylic acids is 3. The van der Waals surface area contributed by atoms with Gasteiger partial charge in [-0.1, -0.05) is 12.1 Å². The summed E-state index contributed by atoms with van der Waals surface area (Å²) in [5, 5.41) is 3.15. The lowest BCUT2D eigenvalue weighted by molar-refractivity contribution is -0.128. The van der Waals surface area contributed by atoms with Gasteiger partial charge in [-0.3, -0.25) is 14.5 Å². The molecule has 0 radical (unpaired) electrons. The van der Waals surface area contributed by atoms with Crippen molar-refractivity contribution in [3.63, 3.8) is 0 Å². The van der Waals surface area contributed by atoms with Gasteiger partial charge in [-0.2, -0.15) is 0 Å². The highest BCUT2D eigenvalue weighted by Crippen LogP contribution is 2.30. The van der Waals surface area contributed by atoms with Gasteiger partial charge < -0.3 is 14.5 Å². The van der Waals surface area contributed by atoms with Crippen LogP contribution in [0.3, 0.4) is 0 Å². The summed E-state index contributed by atoms with van der Waals surface area (Å²) in [6, 6.07) is 10.8. The van der Waals surface area contributed by atoms with Crippen molar-refractivity contribution in [1.82, 2.24) is 0 Å². The Morgan fingerprint density at radius 1 is 1.24 bits per heavy atom. The second-order valence-corrected chi connectivity index (χ2v) is 6.73. The molecular formula is C21H17FN2O5. The van der Waals surface area contributed by atoms with Crippen molar-refractivity contribution in [3.05, 3.63) is 59.6 Å². The van der Waals surface area contributed by atoms with E-state index in [0.29, 0.717) is 27.9 Å². The van der Waals surface area contributed by atoms with Crippen molar-refractivity contribution in [2.24, 2.45) is 0 Å². The number of esters is 1. The molecule has 7 nitrogen and oxygen atoms in total. The van der Waals surface area contributed by atoms with E-state index in [0.717, 1.165) is 0 Å². The Hall–Kier alpha value is -3.68. The first kappa shape index (κ1) is 18.7. The molecule has 1 N–H and O–H groups in total. The molecule has 1 aromatic heterocycles. The van der Waals surface area contributed by atoms with E-state index in [4.69, 9.17) is 9.15 Å². The second kappa shape index (κ2) is 7.05. The molecule has 0 saturated carbocycles. The van der Waals surface area contributed by atoms with E-state index in [1.165, 1.54) is 30.0 Å². The SMILES string of the molecule is Cc1c(C(=O)OC(C)C(=O)N2CC(=O)Nc3ccccc32)oc2ccc(F)cc12. The molecule has 2 aromatic carbocycles. The number of ether oxygens (including phenoxy) is 1. The van der Waals surface area contributed by atoms with Crippen molar-refractivity contribution in [1.29, 1.82) is 0 Å². The van der Waals surface area contributed by atoms with Crippen LogP contribution < -0.4 is 10.2 Å². The highest BCUT2D eigenvalue weighted by molar-refractivity contribution is 6.11. The second-order valence-electron chi connectivity index (χ2n) is 6.73. The summed E-state index contributed by atoms with van der Waals surface area (Å²) in [5.74, 6) is -2.27. The molecule has 4 rings (SSSR count). The van der Waals surface area contributed by atoms with E-state index >= 15 is 0 Å². The van der Waals surface area contributed by atoms with E-state index < -0.39 is 23.8 Å². The highest BCUT2D eigenvalue weighted by atomic mass is 19.1. The zero-order chi connectivity index (χ0) is 20.7. The number of hydrogen-bond acceptors (Lipinski definition) is 5. The number of nitrogens with one attached hydrogen (secondary N) is 1. The normalized spacial score (nSPS) is 14.3. The molecule has 0 bridgehead atoms. The Labute approximate surface area is 165 Å². The third-order valence-corrected chi connectivity index (χ3v) is 4.75. The topological polar surface area (TPSA) is 88.9 Å².